The first kappa shape index (κ1) is 18.7. The molecule has 0 saturated carbocycles. The molecule has 138 valence electrons. The van der Waals surface area contributed by atoms with Crippen LogP contribution in [-0.2, 0) is 4.57 Å². The maximum atomic E-state index is 12.7. The highest BCUT2D eigenvalue weighted by Crippen LogP contribution is 2.42. The zero-order valence-electron chi connectivity index (χ0n) is 12.7. The van der Waals surface area contributed by atoms with E-state index in [-0.39, 0.29) is 21.5 Å². The number of hydrogen-bond donors (Lipinski definition) is 3. The van der Waals surface area contributed by atoms with E-state index in [9.17, 15) is 32.3 Å². The van der Waals surface area contributed by atoms with Crippen LogP contribution in [0.1, 0.15) is 27.1 Å². The predicted octanol–water partition coefficient (Wildman–Crippen LogP) is 2.83. The summed E-state index contributed by atoms with van der Waals surface area (Å²) in [6.45, 7) is 0. The molecule has 7 nitrogen and oxygen atoms in total. The molecule has 0 saturated heterocycles. The van der Waals surface area contributed by atoms with Crippen molar-refractivity contribution in [1.29, 1.82) is 0 Å². The Morgan fingerprint density at radius 2 is 1.96 bits per heavy atom. The van der Waals surface area contributed by atoms with Crippen LogP contribution in [0, 0.1) is 0 Å². The fourth-order valence-electron chi connectivity index (χ4n) is 2.38. The van der Waals surface area contributed by atoms with Gasteiger partial charge in [0.1, 0.15) is 6.04 Å². The topological polar surface area (TPSA) is 118 Å². The van der Waals surface area contributed by atoms with Gasteiger partial charge in [0.25, 0.3) is 0 Å². The lowest BCUT2D eigenvalue weighted by molar-refractivity contribution is -0.149. The Balaban J connectivity index is 2.07. The van der Waals surface area contributed by atoms with Gasteiger partial charge in [0.15, 0.2) is 5.01 Å². The number of alkyl halides is 3. The molecule has 0 aliphatic rings. The Kier molecular flexibility index (Phi) is 4.53. The van der Waals surface area contributed by atoms with Gasteiger partial charge in [-0.1, -0.05) is 18.2 Å². The lowest BCUT2D eigenvalue weighted by atomic mass is 10.1. The number of ketones is 1. The van der Waals surface area contributed by atoms with Crippen molar-refractivity contribution < 1.29 is 32.3 Å². The first-order valence-corrected chi connectivity index (χ1v) is 9.43. The Bertz CT molecular complexity index is 1040. The Morgan fingerprint density at radius 3 is 2.58 bits per heavy atom. The number of carbonyl (C=O) groups is 1. The minimum atomic E-state index is -4.73. The Hall–Kier alpha value is -2.04. The molecule has 0 radical (unpaired) electrons. The van der Waals surface area contributed by atoms with Gasteiger partial charge in [-0.05, 0) is 6.07 Å². The van der Waals surface area contributed by atoms with Crippen molar-refractivity contribution in [2.75, 3.05) is 0 Å². The molecular weight excluding hydrogens is 394 g/mol. The molecule has 0 bridgehead atoms. The van der Waals surface area contributed by atoms with E-state index >= 15 is 0 Å². The summed E-state index contributed by atoms with van der Waals surface area (Å²) in [5.74, 6) is -0.751. The van der Waals surface area contributed by atoms with Crippen LogP contribution in [-0.4, -0.2) is 31.1 Å². The highest BCUT2D eigenvalue weighted by molar-refractivity contribution is 7.50. The van der Waals surface area contributed by atoms with Gasteiger partial charge >= 0.3 is 13.9 Å². The number of hydrogen-bond acceptors (Lipinski definition) is 5. The summed E-state index contributed by atoms with van der Waals surface area (Å²) in [6, 6.07) is 3.67. The third kappa shape index (κ3) is 3.31. The molecule has 26 heavy (non-hydrogen) atoms. The Morgan fingerprint density at radius 1 is 1.31 bits per heavy atom. The van der Waals surface area contributed by atoms with E-state index in [1.807, 2.05) is 0 Å². The fourth-order valence-corrected chi connectivity index (χ4v) is 3.90. The summed E-state index contributed by atoms with van der Waals surface area (Å²) in [4.78, 5) is 35.2. The summed E-state index contributed by atoms with van der Waals surface area (Å²) in [5, 5.41) is 1.03. The normalized spacial score (nSPS) is 13.9. The number of fused-ring (bicyclic) bond motifs is 1. The van der Waals surface area contributed by atoms with Crippen LogP contribution in [0.5, 0.6) is 0 Å². The van der Waals surface area contributed by atoms with Crippen molar-refractivity contribution in [3.05, 3.63) is 52.1 Å². The molecule has 1 aromatic carbocycles. The van der Waals surface area contributed by atoms with E-state index < -0.39 is 31.4 Å². The molecule has 3 aromatic rings. The van der Waals surface area contributed by atoms with Crippen molar-refractivity contribution in [2.45, 2.75) is 12.2 Å². The zero-order chi connectivity index (χ0) is 19.3. The number of aromatic nitrogens is 2. The molecule has 4 N–H and O–H groups in total. The zero-order valence-corrected chi connectivity index (χ0v) is 14.4. The van der Waals surface area contributed by atoms with Crippen LogP contribution < -0.4 is 5.73 Å². The third-order valence-corrected chi connectivity index (χ3v) is 5.36. The lowest BCUT2D eigenvalue weighted by Gasteiger charge is -2.12. The summed E-state index contributed by atoms with van der Waals surface area (Å²) in [7, 11) is -4.73. The molecule has 12 heteroatoms. The number of para-hydroxylation sites is 1. The van der Waals surface area contributed by atoms with Gasteiger partial charge < -0.3 is 15.5 Å². The molecule has 0 aliphatic carbocycles. The maximum Gasteiger partial charge on any atom is 0.434 e. The lowest BCUT2D eigenvalue weighted by Crippen LogP contribution is -2.28. The van der Waals surface area contributed by atoms with E-state index in [0.717, 1.165) is 11.6 Å². The van der Waals surface area contributed by atoms with Crippen molar-refractivity contribution in [3.8, 4) is 0 Å². The second kappa shape index (κ2) is 6.29. The second-order valence-electron chi connectivity index (χ2n) is 5.34. The fraction of sp³-hybridized carbons (Fsp3) is 0.143. The Labute approximate surface area is 148 Å². The summed E-state index contributed by atoms with van der Waals surface area (Å²) in [6.07, 6.45) is -3.73. The molecule has 0 fully saturated rings. The van der Waals surface area contributed by atoms with Gasteiger partial charge in [-0.3, -0.25) is 9.13 Å². The van der Waals surface area contributed by atoms with Gasteiger partial charge in [0.2, 0.25) is 5.78 Å². The molecule has 3 rings (SSSR count). The van der Waals surface area contributed by atoms with Crippen molar-refractivity contribution in [1.82, 2.24) is 9.32 Å². The van der Waals surface area contributed by atoms with Gasteiger partial charge in [-0.2, -0.15) is 13.2 Å². The maximum absolute atomic E-state index is 12.7. The van der Waals surface area contributed by atoms with Gasteiger partial charge in [0, 0.05) is 17.0 Å². The minimum Gasteiger partial charge on any atom is -0.315 e. The second-order valence-corrected chi connectivity index (χ2v) is 7.66. The highest BCUT2D eigenvalue weighted by Gasteiger charge is 2.39. The molecule has 0 aliphatic heterocycles. The predicted molar refractivity (Wildman–Crippen MR) is 87.9 cm³/mol. The van der Waals surface area contributed by atoms with Crippen LogP contribution in [0.2, 0.25) is 0 Å². The van der Waals surface area contributed by atoms with Crippen LogP contribution >= 0.6 is 19.1 Å². The SMILES string of the molecule is NC(c1csc(C(=O)c2cn(P(=O)(O)O)c3ccccc23)n1)C(F)(F)F. The van der Waals surface area contributed by atoms with Crippen molar-refractivity contribution >= 4 is 35.8 Å². The number of nitrogens with two attached hydrogens (primary N) is 1. The molecule has 1 unspecified atom stereocenters. The van der Waals surface area contributed by atoms with E-state index in [1.165, 1.54) is 18.2 Å². The van der Waals surface area contributed by atoms with E-state index in [4.69, 9.17) is 5.73 Å². The van der Waals surface area contributed by atoms with E-state index in [0.29, 0.717) is 15.7 Å². The molecule has 0 spiro atoms. The van der Waals surface area contributed by atoms with Crippen LogP contribution in [0.15, 0.2) is 35.8 Å². The summed E-state index contributed by atoms with van der Waals surface area (Å²) < 4.78 is 50.3. The number of carbonyl (C=O) groups excluding carboxylic acids is 1. The third-order valence-electron chi connectivity index (χ3n) is 3.61. The quantitative estimate of drug-likeness (QED) is 0.454. The molecule has 2 aromatic heterocycles. The summed E-state index contributed by atoms with van der Waals surface area (Å²) >= 11 is 0.678. The summed E-state index contributed by atoms with van der Waals surface area (Å²) in [5.41, 5.74) is 4.62. The number of thiazole rings is 1. The van der Waals surface area contributed by atoms with E-state index in [2.05, 4.69) is 4.98 Å². The van der Waals surface area contributed by atoms with Gasteiger partial charge in [-0.25, -0.2) is 9.55 Å². The van der Waals surface area contributed by atoms with Crippen LogP contribution in [0.3, 0.4) is 0 Å². The highest BCUT2D eigenvalue weighted by atomic mass is 32.1. The van der Waals surface area contributed by atoms with Crippen molar-refractivity contribution in [2.24, 2.45) is 5.73 Å². The largest absolute Gasteiger partial charge is 0.434 e. The van der Waals surface area contributed by atoms with Crippen LogP contribution in [0.25, 0.3) is 10.9 Å². The van der Waals surface area contributed by atoms with Crippen molar-refractivity contribution in [3.63, 3.8) is 0 Å². The standard InChI is InChI=1S/C14H11F3N3O4PS/c15-14(16,17)12(18)9-6-26-13(19-9)11(21)8-5-20(25(22,23)24)10-4-2-1-3-7(8)10/h1-6,12H,18H2,(H2,22,23,24). The first-order chi connectivity index (χ1) is 12.0. The van der Waals surface area contributed by atoms with E-state index in [1.54, 1.807) is 6.07 Å². The number of benzene rings is 1. The molecule has 2 heterocycles. The first-order valence-electron chi connectivity index (χ1n) is 6.99. The van der Waals surface area contributed by atoms with Crippen LogP contribution in [0.4, 0.5) is 13.2 Å². The molecular formula is C14H11F3N3O4PS. The molecule has 0 amide bonds. The number of nitrogens with zero attached hydrogens (tertiary/aromatic N) is 2. The average Bonchev–Trinajstić information content (AvgIpc) is 3.17. The average molecular weight is 405 g/mol. The monoisotopic (exact) mass is 405 g/mol. The van der Waals surface area contributed by atoms with Gasteiger partial charge in [-0.15, -0.1) is 11.3 Å². The molecule has 1 atom stereocenters. The number of rotatable bonds is 4. The smallest absolute Gasteiger partial charge is 0.315 e. The minimum absolute atomic E-state index is 0.0783. The number of halogens is 3. The van der Waals surface area contributed by atoms with Gasteiger partial charge in [0.05, 0.1) is 16.8 Å².